The van der Waals surface area contributed by atoms with Gasteiger partial charge in [-0.1, -0.05) is 13.3 Å². The Balaban J connectivity index is 2.64. The van der Waals surface area contributed by atoms with Gasteiger partial charge >= 0.3 is 0 Å². The van der Waals surface area contributed by atoms with Crippen LogP contribution in [-0.4, -0.2) is 25.0 Å². The molecule has 18 heavy (non-hydrogen) atoms. The van der Waals surface area contributed by atoms with Crippen molar-refractivity contribution in [2.75, 3.05) is 6.26 Å². The lowest BCUT2D eigenvalue weighted by Crippen LogP contribution is -2.20. The normalized spacial score (nSPS) is 12.8. The molecule has 2 rings (SSSR count). The second-order valence-electron chi connectivity index (χ2n) is 4.06. The maximum atomic E-state index is 11.8. The Kier molecular flexibility index (Phi) is 3.86. The zero-order valence-electron chi connectivity index (χ0n) is 10.4. The highest BCUT2D eigenvalue weighted by Crippen LogP contribution is 2.10. The molecular weight excluding hydrogens is 250 g/mol. The molecule has 0 bridgehead atoms. The van der Waals surface area contributed by atoms with Gasteiger partial charge in [-0.15, -0.1) is 0 Å². The van der Waals surface area contributed by atoms with Crippen LogP contribution in [0.4, 0.5) is 0 Å². The van der Waals surface area contributed by atoms with Crippen molar-refractivity contribution >= 4 is 21.8 Å². The average Bonchev–Trinajstić information content (AvgIpc) is 2.37. The molecule has 1 unspecified atom stereocenters. The van der Waals surface area contributed by atoms with Crippen LogP contribution >= 0.6 is 0 Å². The Morgan fingerprint density at radius 2 is 2.17 bits per heavy atom. The Morgan fingerprint density at radius 3 is 2.83 bits per heavy atom. The van der Waals surface area contributed by atoms with Gasteiger partial charge < -0.3 is 0 Å². The van der Waals surface area contributed by atoms with Crippen LogP contribution in [0.5, 0.6) is 0 Å². The SMILES string of the molecule is CCCCn1c(=O)ccc2cnc(S(C)=O)nc21. The number of aromatic nitrogens is 3. The number of aryl methyl sites for hydroxylation is 1. The summed E-state index contributed by atoms with van der Waals surface area (Å²) in [5.41, 5.74) is 0.485. The first-order valence-electron chi connectivity index (χ1n) is 5.83. The molecular formula is C12H15N3O2S. The van der Waals surface area contributed by atoms with Crippen LogP contribution < -0.4 is 5.56 Å². The molecule has 0 saturated carbocycles. The fraction of sp³-hybridized carbons (Fsp3) is 0.417. The summed E-state index contributed by atoms with van der Waals surface area (Å²) in [6.07, 6.45) is 5.05. The highest BCUT2D eigenvalue weighted by Gasteiger charge is 2.08. The molecule has 0 fully saturated rings. The van der Waals surface area contributed by atoms with E-state index in [-0.39, 0.29) is 10.7 Å². The molecule has 2 heterocycles. The number of pyridine rings is 1. The minimum absolute atomic E-state index is 0.0810. The van der Waals surface area contributed by atoms with Crippen molar-refractivity contribution in [1.82, 2.24) is 14.5 Å². The summed E-state index contributed by atoms with van der Waals surface area (Å²) in [6, 6.07) is 3.21. The van der Waals surface area contributed by atoms with E-state index in [1.54, 1.807) is 16.8 Å². The number of rotatable bonds is 4. The van der Waals surface area contributed by atoms with E-state index in [1.165, 1.54) is 12.3 Å². The molecule has 5 nitrogen and oxygen atoms in total. The first kappa shape index (κ1) is 12.9. The molecule has 6 heteroatoms. The van der Waals surface area contributed by atoms with E-state index in [2.05, 4.69) is 16.9 Å². The number of hydrogen-bond acceptors (Lipinski definition) is 4. The Labute approximate surface area is 107 Å². The predicted molar refractivity (Wildman–Crippen MR) is 71.0 cm³/mol. The highest BCUT2D eigenvalue weighted by molar-refractivity contribution is 7.84. The van der Waals surface area contributed by atoms with Gasteiger partial charge in [-0.05, 0) is 12.5 Å². The van der Waals surface area contributed by atoms with E-state index in [0.29, 0.717) is 12.2 Å². The van der Waals surface area contributed by atoms with Gasteiger partial charge in [0.05, 0.1) is 10.8 Å². The van der Waals surface area contributed by atoms with Gasteiger partial charge in [0.1, 0.15) is 5.65 Å². The summed E-state index contributed by atoms with van der Waals surface area (Å²) >= 11 is 0. The molecule has 0 spiro atoms. The molecule has 96 valence electrons. The Hall–Kier alpha value is -1.56. The zero-order valence-corrected chi connectivity index (χ0v) is 11.2. The predicted octanol–water partition coefficient (Wildman–Crippen LogP) is 1.33. The van der Waals surface area contributed by atoms with Gasteiger partial charge in [-0.2, -0.15) is 0 Å². The lowest BCUT2D eigenvalue weighted by Gasteiger charge is -2.08. The maximum absolute atomic E-state index is 11.8. The topological polar surface area (TPSA) is 64.8 Å². The largest absolute Gasteiger partial charge is 0.293 e. The van der Waals surface area contributed by atoms with Gasteiger partial charge in [-0.3, -0.25) is 13.6 Å². The minimum Gasteiger partial charge on any atom is -0.293 e. The van der Waals surface area contributed by atoms with Crippen molar-refractivity contribution < 1.29 is 4.21 Å². The molecule has 0 amide bonds. The van der Waals surface area contributed by atoms with Crippen LogP contribution in [0.3, 0.4) is 0 Å². The lowest BCUT2D eigenvalue weighted by atomic mass is 10.3. The molecule has 0 aliphatic rings. The third-order valence-electron chi connectivity index (χ3n) is 2.69. The smallest absolute Gasteiger partial charge is 0.252 e. The molecule has 0 radical (unpaired) electrons. The van der Waals surface area contributed by atoms with Crippen LogP contribution in [0.15, 0.2) is 28.3 Å². The van der Waals surface area contributed by atoms with Crippen LogP contribution in [0.25, 0.3) is 11.0 Å². The summed E-state index contributed by atoms with van der Waals surface area (Å²) in [5.74, 6) is 0. The van der Waals surface area contributed by atoms with Gasteiger partial charge in [0.2, 0.25) is 5.16 Å². The fourth-order valence-corrected chi connectivity index (χ4v) is 2.14. The van der Waals surface area contributed by atoms with Gasteiger partial charge in [0, 0.05) is 30.4 Å². The monoisotopic (exact) mass is 265 g/mol. The second kappa shape index (κ2) is 5.39. The van der Waals surface area contributed by atoms with E-state index < -0.39 is 10.8 Å². The van der Waals surface area contributed by atoms with Gasteiger partial charge in [-0.25, -0.2) is 9.97 Å². The van der Waals surface area contributed by atoms with Gasteiger partial charge in [0.25, 0.3) is 5.56 Å². The first-order valence-corrected chi connectivity index (χ1v) is 7.39. The molecule has 0 N–H and O–H groups in total. The molecule has 0 aliphatic carbocycles. The third-order valence-corrected chi connectivity index (χ3v) is 3.40. The van der Waals surface area contributed by atoms with E-state index in [9.17, 15) is 9.00 Å². The van der Waals surface area contributed by atoms with E-state index in [4.69, 9.17) is 0 Å². The summed E-state index contributed by atoms with van der Waals surface area (Å²) in [6.45, 7) is 2.69. The average molecular weight is 265 g/mol. The van der Waals surface area contributed by atoms with Crippen molar-refractivity contribution in [3.05, 3.63) is 28.7 Å². The molecule has 0 saturated heterocycles. The van der Waals surface area contributed by atoms with Crippen molar-refractivity contribution in [2.24, 2.45) is 0 Å². The highest BCUT2D eigenvalue weighted by atomic mass is 32.2. The van der Waals surface area contributed by atoms with Crippen LogP contribution in [0.2, 0.25) is 0 Å². The fourth-order valence-electron chi connectivity index (χ4n) is 1.73. The van der Waals surface area contributed by atoms with E-state index >= 15 is 0 Å². The van der Waals surface area contributed by atoms with Crippen LogP contribution in [0, 0.1) is 0 Å². The number of hydrogen-bond donors (Lipinski definition) is 0. The Morgan fingerprint density at radius 1 is 1.39 bits per heavy atom. The second-order valence-corrected chi connectivity index (χ2v) is 5.34. The molecule has 1 atom stereocenters. The van der Waals surface area contributed by atoms with Crippen LogP contribution in [-0.2, 0) is 17.3 Å². The summed E-state index contributed by atoms with van der Waals surface area (Å²) < 4.78 is 13.0. The first-order chi connectivity index (χ1) is 8.63. The number of nitrogens with zero attached hydrogens (tertiary/aromatic N) is 3. The van der Waals surface area contributed by atoms with E-state index in [1.807, 2.05) is 0 Å². The van der Waals surface area contributed by atoms with Crippen molar-refractivity contribution in [3.63, 3.8) is 0 Å². The molecule has 0 aliphatic heterocycles. The summed E-state index contributed by atoms with van der Waals surface area (Å²) in [7, 11) is -1.24. The van der Waals surface area contributed by atoms with Gasteiger partial charge in [0.15, 0.2) is 0 Å². The summed E-state index contributed by atoms with van der Waals surface area (Å²) in [5, 5.41) is 1.05. The van der Waals surface area contributed by atoms with Crippen LogP contribution in [0.1, 0.15) is 19.8 Å². The Bertz CT molecular complexity index is 651. The zero-order chi connectivity index (χ0) is 13.1. The minimum atomic E-state index is -1.24. The lowest BCUT2D eigenvalue weighted by molar-refractivity contribution is 0.623. The molecule has 2 aromatic rings. The number of unbranched alkanes of at least 4 members (excludes halogenated alkanes) is 1. The quantitative estimate of drug-likeness (QED) is 0.782. The van der Waals surface area contributed by atoms with Crippen molar-refractivity contribution in [3.8, 4) is 0 Å². The van der Waals surface area contributed by atoms with E-state index in [0.717, 1.165) is 18.2 Å². The maximum Gasteiger partial charge on any atom is 0.252 e. The number of fused-ring (bicyclic) bond motifs is 1. The summed E-state index contributed by atoms with van der Waals surface area (Å²) in [4.78, 5) is 20.1. The standard InChI is InChI=1S/C12H15N3O2S/c1-3-4-7-15-10(16)6-5-9-8-13-12(18(2)17)14-11(9)15/h5-6,8H,3-4,7H2,1-2H3. The molecule has 2 aromatic heterocycles. The molecule has 0 aromatic carbocycles. The van der Waals surface area contributed by atoms with Crippen molar-refractivity contribution in [2.45, 2.75) is 31.5 Å². The third kappa shape index (κ3) is 2.48. The van der Waals surface area contributed by atoms with Crippen molar-refractivity contribution in [1.29, 1.82) is 0 Å².